The monoisotopic (exact) mass is 543 g/mol. The van der Waals surface area contributed by atoms with Crippen molar-refractivity contribution in [2.45, 2.75) is 38.6 Å². The van der Waals surface area contributed by atoms with Crippen LogP contribution in [0.1, 0.15) is 48.9 Å². The first-order chi connectivity index (χ1) is 19.4. The molecule has 1 saturated heterocycles. The number of esters is 1. The molecule has 1 heterocycles. The van der Waals surface area contributed by atoms with Gasteiger partial charge in [-0.05, 0) is 66.1 Å². The second-order valence-electron chi connectivity index (χ2n) is 9.44. The van der Waals surface area contributed by atoms with Crippen LogP contribution in [0.4, 0.5) is 5.69 Å². The second kappa shape index (κ2) is 13.0. The standard InChI is InChI=1S/C32H33NO7/c1-4-5-6-19-40-26-17-11-23(12-18-26)30(35)28-29(22-9-15-25(38-2)16-10-22)33(32(37)31(28)36)24-13-7-21(8-14-24)20-27(34)39-3/h7-18,29,35H,4-6,19-20H2,1-3H3/b30-28+. The van der Waals surface area contributed by atoms with E-state index in [1.807, 2.05) is 0 Å². The lowest BCUT2D eigenvalue weighted by Crippen LogP contribution is -2.29. The lowest BCUT2D eigenvalue weighted by atomic mass is 9.95. The number of anilines is 1. The third-order valence-electron chi connectivity index (χ3n) is 6.81. The number of carbonyl (C=O) groups is 3. The number of ether oxygens (including phenoxy) is 3. The summed E-state index contributed by atoms with van der Waals surface area (Å²) in [6.07, 6.45) is 3.21. The van der Waals surface area contributed by atoms with Crippen LogP contribution in [-0.2, 0) is 25.5 Å². The topological polar surface area (TPSA) is 102 Å². The lowest BCUT2D eigenvalue weighted by molar-refractivity contribution is -0.139. The number of ketones is 1. The van der Waals surface area contributed by atoms with Gasteiger partial charge in [-0.1, -0.05) is 44.0 Å². The SMILES string of the molecule is CCCCCOc1ccc(/C(O)=C2\C(=O)C(=O)N(c3ccc(CC(=O)OC)cc3)C2c2ccc(OC)cc2)cc1. The van der Waals surface area contributed by atoms with Crippen molar-refractivity contribution in [2.24, 2.45) is 0 Å². The minimum atomic E-state index is -0.887. The van der Waals surface area contributed by atoms with Gasteiger partial charge in [-0.25, -0.2) is 0 Å². The van der Waals surface area contributed by atoms with Crippen molar-refractivity contribution in [1.82, 2.24) is 0 Å². The Kier molecular flexibility index (Phi) is 9.22. The Morgan fingerprint density at radius 3 is 2.12 bits per heavy atom. The maximum Gasteiger partial charge on any atom is 0.309 e. The number of methoxy groups -OCH3 is 2. The van der Waals surface area contributed by atoms with E-state index in [4.69, 9.17) is 14.2 Å². The van der Waals surface area contributed by atoms with E-state index in [1.54, 1.807) is 79.9 Å². The van der Waals surface area contributed by atoms with Crippen LogP contribution >= 0.6 is 0 Å². The third kappa shape index (κ3) is 6.17. The first kappa shape index (κ1) is 28.4. The molecule has 3 aromatic carbocycles. The summed E-state index contributed by atoms with van der Waals surface area (Å²) < 4.78 is 15.8. The van der Waals surface area contributed by atoms with Crippen molar-refractivity contribution in [3.05, 3.63) is 95.1 Å². The number of unbranched alkanes of at least 4 members (excludes halogenated alkanes) is 2. The molecule has 1 fully saturated rings. The number of carbonyl (C=O) groups excluding carboxylic acids is 3. The summed E-state index contributed by atoms with van der Waals surface area (Å²) in [7, 11) is 2.87. The van der Waals surface area contributed by atoms with Gasteiger partial charge in [0, 0.05) is 11.3 Å². The molecule has 0 spiro atoms. The van der Waals surface area contributed by atoms with Gasteiger partial charge in [0.2, 0.25) is 0 Å². The summed E-state index contributed by atoms with van der Waals surface area (Å²) in [4.78, 5) is 39.9. The second-order valence-corrected chi connectivity index (χ2v) is 9.44. The van der Waals surface area contributed by atoms with Gasteiger partial charge < -0.3 is 19.3 Å². The highest BCUT2D eigenvalue weighted by Crippen LogP contribution is 2.42. The Morgan fingerprint density at radius 1 is 0.875 bits per heavy atom. The van der Waals surface area contributed by atoms with E-state index in [-0.39, 0.29) is 23.7 Å². The van der Waals surface area contributed by atoms with Crippen LogP contribution in [0.3, 0.4) is 0 Å². The molecule has 1 atom stereocenters. The van der Waals surface area contributed by atoms with Crippen LogP contribution in [0, 0.1) is 0 Å². The first-order valence-electron chi connectivity index (χ1n) is 13.2. The van der Waals surface area contributed by atoms with Crippen molar-refractivity contribution in [1.29, 1.82) is 0 Å². The molecule has 1 unspecified atom stereocenters. The number of rotatable bonds is 11. The van der Waals surface area contributed by atoms with Crippen molar-refractivity contribution in [2.75, 3.05) is 25.7 Å². The number of hydrogen-bond donors (Lipinski definition) is 1. The van der Waals surface area contributed by atoms with Gasteiger partial charge in [0.05, 0.1) is 38.9 Å². The van der Waals surface area contributed by atoms with Crippen LogP contribution in [0.15, 0.2) is 78.4 Å². The Bertz CT molecular complexity index is 1380. The molecule has 8 nitrogen and oxygen atoms in total. The number of hydrogen-bond acceptors (Lipinski definition) is 7. The summed E-state index contributed by atoms with van der Waals surface area (Å²) in [5.41, 5.74) is 2.14. The van der Waals surface area contributed by atoms with Crippen molar-refractivity contribution < 1.29 is 33.7 Å². The quantitative estimate of drug-likeness (QED) is 0.110. The molecular weight excluding hydrogens is 510 g/mol. The van der Waals surface area contributed by atoms with E-state index < -0.39 is 17.7 Å². The fourth-order valence-electron chi connectivity index (χ4n) is 4.62. The molecule has 1 aliphatic heterocycles. The molecule has 0 bridgehead atoms. The molecule has 0 aliphatic carbocycles. The molecule has 0 radical (unpaired) electrons. The van der Waals surface area contributed by atoms with E-state index >= 15 is 0 Å². The van der Waals surface area contributed by atoms with Gasteiger partial charge in [-0.3, -0.25) is 19.3 Å². The minimum Gasteiger partial charge on any atom is -0.507 e. The summed E-state index contributed by atoms with van der Waals surface area (Å²) in [5.74, 6) is -0.949. The molecule has 1 amide bonds. The van der Waals surface area contributed by atoms with Gasteiger partial charge in [0.1, 0.15) is 17.3 Å². The van der Waals surface area contributed by atoms with Crippen molar-refractivity contribution >= 4 is 29.1 Å². The number of aliphatic hydroxyl groups is 1. The highest BCUT2D eigenvalue weighted by molar-refractivity contribution is 6.51. The van der Waals surface area contributed by atoms with Gasteiger partial charge in [0.25, 0.3) is 11.7 Å². The first-order valence-corrected chi connectivity index (χ1v) is 13.2. The van der Waals surface area contributed by atoms with Crippen LogP contribution < -0.4 is 14.4 Å². The van der Waals surface area contributed by atoms with Gasteiger partial charge in [-0.15, -0.1) is 0 Å². The number of Topliss-reactive ketones (excluding diaryl/α,β-unsaturated/α-hetero) is 1. The summed E-state index contributed by atoms with van der Waals surface area (Å²) in [6.45, 7) is 2.72. The average molecular weight is 544 g/mol. The predicted octanol–water partition coefficient (Wildman–Crippen LogP) is 5.61. The molecule has 3 aromatic rings. The maximum atomic E-state index is 13.4. The van der Waals surface area contributed by atoms with Crippen LogP contribution in [0.25, 0.3) is 5.76 Å². The lowest BCUT2D eigenvalue weighted by Gasteiger charge is -2.25. The van der Waals surface area contributed by atoms with Crippen molar-refractivity contribution in [3.8, 4) is 11.5 Å². The number of aliphatic hydroxyl groups excluding tert-OH is 1. The Morgan fingerprint density at radius 2 is 1.52 bits per heavy atom. The Hall–Kier alpha value is -4.59. The zero-order valence-electron chi connectivity index (χ0n) is 22.9. The van der Waals surface area contributed by atoms with Gasteiger partial charge in [0.15, 0.2) is 0 Å². The van der Waals surface area contributed by atoms with Crippen LogP contribution in [-0.4, -0.2) is 43.6 Å². The summed E-state index contributed by atoms with van der Waals surface area (Å²) in [5, 5.41) is 11.4. The zero-order chi connectivity index (χ0) is 28.6. The molecular formula is C32H33NO7. The molecule has 4 rings (SSSR count). The summed E-state index contributed by atoms with van der Waals surface area (Å²) in [6, 6.07) is 19.7. The molecule has 0 saturated carbocycles. The molecule has 8 heteroatoms. The number of nitrogens with zero attached hydrogens (tertiary/aromatic N) is 1. The maximum absolute atomic E-state index is 13.4. The average Bonchev–Trinajstić information content (AvgIpc) is 3.25. The van der Waals surface area contributed by atoms with E-state index in [9.17, 15) is 19.5 Å². The van der Waals surface area contributed by atoms with Gasteiger partial charge >= 0.3 is 5.97 Å². The van der Waals surface area contributed by atoms with E-state index in [2.05, 4.69) is 6.92 Å². The molecule has 1 aliphatic rings. The highest BCUT2D eigenvalue weighted by Gasteiger charge is 2.47. The fourth-order valence-corrected chi connectivity index (χ4v) is 4.62. The minimum absolute atomic E-state index is 0.0228. The predicted molar refractivity (Wildman–Crippen MR) is 151 cm³/mol. The third-order valence-corrected chi connectivity index (χ3v) is 6.81. The Balaban J connectivity index is 1.73. The molecule has 208 valence electrons. The Labute approximate surface area is 233 Å². The van der Waals surface area contributed by atoms with Crippen molar-refractivity contribution in [3.63, 3.8) is 0 Å². The van der Waals surface area contributed by atoms with Crippen LogP contribution in [0.2, 0.25) is 0 Å². The van der Waals surface area contributed by atoms with Gasteiger partial charge in [-0.2, -0.15) is 0 Å². The van der Waals surface area contributed by atoms with E-state index in [0.29, 0.717) is 40.5 Å². The fraction of sp³-hybridized carbons (Fsp3) is 0.281. The smallest absolute Gasteiger partial charge is 0.309 e. The zero-order valence-corrected chi connectivity index (χ0v) is 22.9. The van der Waals surface area contributed by atoms with E-state index in [1.165, 1.54) is 12.0 Å². The summed E-state index contributed by atoms with van der Waals surface area (Å²) >= 11 is 0. The molecule has 0 aromatic heterocycles. The largest absolute Gasteiger partial charge is 0.507 e. The van der Waals surface area contributed by atoms with Crippen LogP contribution in [0.5, 0.6) is 11.5 Å². The highest BCUT2D eigenvalue weighted by atomic mass is 16.5. The normalized spacial score (nSPS) is 16.2. The molecule has 40 heavy (non-hydrogen) atoms. The number of benzene rings is 3. The molecule has 1 N–H and O–H groups in total. The number of amides is 1. The van der Waals surface area contributed by atoms with E-state index in [0.717, 1.165) is 19.3 Å².